The standard InChI is InChI=1S/C30H46N4O6/c1-20(2)15-23(27(36)30(5)19-40-30)32-29(38)25(17-22-9-7-6-8-10-22)33-28(37)24(16-21(3)4)31-26(35)18-34-11-13-39-14-12-34/h6-10,20-21,23-25H,11-19H2,1-5H3,(H,31,35)(H,32,38)(H,33,37)/t23?,24?,25-,30+/m0/s1. The molecule has 3 rings (SSSR count). The predicted octanol–water partition coefficient (Wildman–Crippen LogP) is 1.47. The summed E-state index contributed by atoms with van der Waals surface area (Å²) < 4.78 is 10.7. The zero-order valence-electron chi connectivity index (χ0n) is 24.5. The van der Waals surface area contributed by atoms with E-state index in [1.807, 2.05) is 62.9 Å². The minimum atomic E-state index is -0.934. The van der Waals surface area contributed by atoms with Gasteiger partial charge in [0.05, 0.1) is 32.4 Å². The average molecular weight is 559 g/mol. The second kappa shape index (κ2) is 14.7. The van der Waals surface area contributed by atoms with Crippen molar-refractivity contribution in [2.45, 2.75) is 77.6 Å². The van der Waals surface area contributed by atoms with Gasteiger partial charge in [-0.1, -0.05) is 58.0 Å². The number of morpholine rings is 1. The number of Topliss-reactive ketones (excluding diaryl/α,β-unsaturated/α-hetero) is 1. The molecule has 1 aromatic rings. The minimum Gasteiger partial charge on any atom is -0.379 e. The Labute approximate surface area is 237 Å². The van der Waals surface area contributed by atoms with Crippen molar-refractivity contribution in [1.29, 1.82) is 0 Å². The van der Waals surface area contributed by atoms with Crippen molar-refractivity contribution in [2.24, 2.45) is 11.8 Å². The molecule has 10 heteroatoms. The summed E-state index contributed by atoms with van der Waals surface area (Å²) in [6.07, 6.45) is 1.12. The maximum Gasteiger partial charge on any atom is 0.243 e. The van der Waals surface area contributed by atoms with Crippen LogP contribution in [0.5, 0.6) is 0 Å². The van der Waals surface area contributed by atoms with Crippen molar-refractivity contribution in [3.63, 3.8) is 0 Å². The lowest BCUT2D eigenvalue weighted by Crippen LogP contribution is -2.58. The summed E-state index contributed by atoms with van der Waals surface area (Å²) in [5.41, 5.74) is -0.0121. The van der Waals surface area contributed by atoms with E-state index in [0.29, 0.717) is 45.8 Å². The maximum atomic E-state index is 13.6. The Morgan fingerprint density at radius 3 is 1.98 bits per heavy atom. The van der Waals surface area contributed by atoms with Crippen LogP contribution in [0.1, 0.15) is 53.0 Å². The van der Waals surface area contributed by atoms with Crippen LogP contribution in [0.15, 0.2) is 30.3 Å². The molecule has 3 N–H and O–H groups in total. The quantitative estimate of drug-likeness (QED) is 0.278. The number of ether oxygens (including phenoxy) is 2. The van der Waals surface area contributed by atoms with E-state index in [-0.39, 0.29) is 36.5 Å². The SMILES string of the molecule is CC(C)CC(NC(=O)CN1CCOCC1)C(=O)N[C@@H](Cc1ccccc1)C(=O)NC(CC(C)C)C(=O)[C@@]1(C)CO1. The Kier molecular flexibility index (Phi) is 11.7. The van der Waals surface area contributed by atoms with Gasteiger partial charge in [0.25, 0.3) is 0 Å². The number of benzene rings is 1. The molecule has 4 atom stereocenters. The molecule has 0 bridgehead atoms. The van der Waals surface area contributed by atoms with Crippen LogP contribution < -0.4 is 16.0 Å². The molecule has 2 unspecified atom stereocenters. The average Bonchev–Trinajstić information content (AvgIpc) is 3.66. The van der Waals surface area contributed by atoms with Gasteiger partial charge in [-0.3, -0.25) is 24.1 Å². The first kappa shape index (κ1) is 31.7. The van der Waals surface area contributed by atoms with Gasteiger partial charge in [0.1, 0.15) is 17.7 Å². The summed E-state index contributed by atoms with van der Waals surface area (Å²) in [7, 11) is 0. The smallest absolute Gasteiger partial charge is 0.243 e. The molecule has 222 valence electrons. The number of nitrogens with zero attached hydrogens (tertiary/aromatic N) is 1. The van der Waals surface area contributed by atoms with Crippen LogP contribution in [0.2, 0.25) is 0 Å². The van der Waals surface area contributed by atoms with Gasteiger partial charge < -0.3 is 25.4 Å². The van der Waals surface area contributed by atoms with Crippen LogP contribution >= 0.6 is 0 Å². The number of ketones is 1. The first-order valence-electron chi connectivity index (χ1n) is 14.4. The predicted molar refractivity (Wildman–Crippen MR) is 151 cm³/mol. The molecule has 0 aliphatic carbocycles. The van der Waals surface area contributed by atoms with Crippen LogP contribution in [-0.4, -0.2) is 91.6 Å². The first-order chi connectivity index (χ1) is 19.0. The molecule has 0 aromatic heterocycles. The summed E-state index contributed by atoms with van der Waals surface area (Å²) in [6, 6.07) is 6.94. The molecule has 1 aromatic carbocycles. The third kappa shape index (κ3) is 9.98. The molecule has 2 aliphatic heterocycles. The number of epoxide rings is 1. The second-order valence-corrected chi connectivity index (χ2v) is 12.0. The normalized spacial score (nSPS) is 21.4. The third-order valence-corrected chi connectivity index (χ3v) is 7.18. The Hall–Kier alpha value is -2.82. The molecule has 10 nitrogen and oxygen atoms in total. The molecule has 2 fully saturated rings. The van der Waals surface area contributed by atoms with Crippen LogP contribution in [0.4, 0.5) is 0 Å². The first-order valence-corrected chi connectivity index (χ1v) is 14.4. The van der Waals surface area contributed by atoms with Gasteiger partial charge in [-0.2, -0.15) is 0 Å². The highest BCUT2D eigenvalue weighted by Crippen LogP contribution is 2.29. The monoisotopic (exact) mass is 558 g/mol. The van der Waals surface area contributed by atoms with Gasteiger partial charge in [-0.05, 0) is 37.2 Å². The lowest BCUT2D eigenvalue weighted by Gasteiger charge is -2.28. The number of rotatable bonds is 15. The molecule has 0 saturated carbocycles. The van der Waals surface area contributed by atoms with Crippen molar-refractivity contribution in [1.82, 2.24) is 20.9 Å². The fourth-order valence-electron chi connectivity index (χ4n) is 4.83. The van der Waals surface area contributed by atoms with Crippen molar-refractivity contribution in [3.05, 3.63) is 35.9 Å². The molecule has 2 saturated heterocycles. The molecular weight excluding hydrogens is 512 g/mol. The van der Waals surface area contributed by atoms with Gasteiger partial charge in [0, 0.05) is 19.5 Å². The number of amides is 3. The number of carbonyl (C=O) groups excluding carboxylic acids is 4. The highest BCUT2D eigenvalue weighted by molar-refractivity contribution is 5.98. The van der Waals surface area contributed by atoms with Gasteiger partial charge in [-0.15, -0.1) is 0 Å². The number of carbonyl (C=O) groups is 4. The van der Waals surface area contributed by atoms with Gasteiger partial charge >= 0.3 is 0 Å². The summed E-state index contributed by atoms with van der Waals surface area (Å²) in [4.78, 5) is 55.1. The Balaban J connectivity index is 1.74. The lowest BCUT2D eigenvalue weighted by atomic mass is 9.93. The van der Waals surface area contributed by atoms with E-state index in [2.05, 4.69) is 16.0 Å². The van der Waals surface area contributed by atoms with E-state index < -0.39 is 35.5 Å². The summed E-state index contributed by atoms with van der Waals surface area (Å²) in [5, 5.41) is 8.68. The van der Waals surface area contributed by atoms with Crippen molar-refractivity contribution >= 4 is 23.5 Å². The van der Waals surface area contributed by atoms with Crippen LogP contribution in [0.3, 0.4) is 0 Å². The summed E-state index contributed by atoms with van der Waals surface area (Å²) in [5.74, 6) is -0.976. The molecular formula is C30H46N4O6. The van der Waals surface area contributed by atoms with E-state index in [1.165, 1.54) is 0 Å². The van der Waals surface area contributed by atoms with E-state index in [4.69, 9.17) is 9.47 Å². The van der Waals surface area contributed by atoms with E-state index >= 15 is 0 Å². The van der Waals surface area contributed by atoms with Crippen molar-refractivity contribution < 1.29 is 28.7 Å². The van der Waals surface area contributed by atoms with Crippen molar-refractivity contribution in [3.8, 4) is 0 Å². The zero-order chi connectivity index (χ0) is 29.3. The molecule has 3 amide bonds. The van der Waals surface area contributed by atoms with Crippen molar-refractivity contribution in [2.75, 3.05) is 39.5 Å². The van der Waals surface area contributed by atoms with Crippen LogP contribution in [0.25, 0.3) is 0 Å². The zero-order valence-corrected chi connectivity index (χ0v) is 24.5. The molecule has 0 radical (unpaired) electrons. The molecule has 0 spiro atoms. The Morgan fingerprint density at radius 2 is 1.40 bits per heavy atom. The van der Waals surface area contributed by atoms with Gasteiger partial charge in [-0.25, -0.2) is 0 Å². The van der Waals surface area contributed by atoms with E-state index in [0.717, 1.165) is 5.56 Å². The van der Waals surface area contributed by atoms with Crippen LogP contribution in [-0.2, 0) is 35.1 Å². The summed E-state index contributed by atoms with van der Waals surface area (Å²) >= 11 is 0. The number of nitrogens with one attached hydrogen (secondary N) is 3. The topological polar surface area (TPSA) is 129 Å². The van der Waals surface area contributed by atoms with Crippen LogP contribution in [0, 0.1) is 11.8 Å². The van der Waals surface area contributed by atoms with E-state index in [9.17, 15) is 19.2 Å². The van der Waals surface area contributed by atoms with Gasteiger partial charge in [0.15, 0.2) is 5.78 Å². The largest absolute Gasteiger partial charge is 0.379 e. The highest BCUT2D eigenvalue weighted by Gasteiger charge is 2.50. The van der Waals surface area contributed by atoms with Gasteiger partial charge in [0.2, 0.25) is 17.7 Å². The minimum absolute atomic E-state index is 0.133. The lowest BCUT2D eigenvalue weighted by molar-refractivity contribution is -0.134. The number of hydrogen-bond acceptors (Lipinski definition) is 7. The molecule has 2 aliphatic rings. The molecule has 40 heavy (non-hydrogen) atoms. The maximum absolute atomic E-state index is 13.6. The summed E-state index contributed by atoms with van der Waals surface area (Å²) in [6.45, 7) is 12.6. The Bertz CT molecular complexity index is 1000. The van der Waals surface area contributed by atoms with E-state index in [1.54, 1.807) is 6.92 Å². The number of hydrogen-bond donors (Lipinski definition) is 3. The highest BCUT2D eigenvalue weighted by atomic mass is 16.6. The second-order valence-electron chi connectivity index (χ2n) is 12.0. The third-order valence-electron chi connectivity index (χ3n) is 7.18. The Morgan fingerprint density at radius 1 is 0.850 bits per heavy atom. The molecule has 2 heterocycles. The fraction of sp³-hybridized carbons (Fsp3) is 0.667. The fourth-order valence-corrected chi connectivity index (χ4v) is 4.83.